The van der Waals surface area contributed by atoms with Gasteiger partial charge in [-0.2, -0.15) is 0 Å². The van der Waals surface area contributed by atoms with E-state index in [4.69, 9.17) is 10.5 Å². The van der Waals surface area contributed by atoms with Gasteiger partial charge in [-0.1, -0.05) is 0 Å². The van der Waals surface area contributed by atoms with Crippen LogP contribution in [0.4, 0.5) is 4.79 Å². The average molecular weight is 246 g/mol. The van der Waals surface area contributed by atoms with Crippen LogP contribution in [0.3, 0.4) is 0 Å². The van der Waals surface area contributed by atoms with Crippen molar-refractivity contribution < 1.29 is 19.4 Å². The third-order valence-corrected chi connectivity index (χ3v) is 1.99. The summed E-state index contributed by atoms with van der Waals surface area (Å²) in [6.45, 7) is 6.76. The summed E-state index contributed by atoms with van der Waals surface area (Å²) in [5, 5.41) is 12.0. The molecule has 0 fully saturated rings. The fourth-order valence-corrected chi connectivity index (χ4v) is 1.19. The lowest BCUT2D eigenvalue weighted by Crippen LogP contribution is -2.44. The molecule has 2 atom stereocenters. The van der Waals surface area contributed by atoms with E-state index in [1.807, 2.05) is 0 Å². The third kappa shape index (κ3) is 8.50. The van der Waals surface area contributed by atoms with E-state index in [0.717, 1.165) is 0 Å². The van der Waals surface area contributed by atoms with Gasteiger partial charge in [0.25, 0.3) is 0 Å². The maximum absolute atomic E-state index is 11.5. The Morgan fingerprint density at radius 1 is 1.41 bits per heavy atom. The van der Waals surface area contributed by atoms with Gasteiger partial charge in [-0.05, 0) is 34.1 Å². The number of aliphatic hydroxyl groups is 1. The predicted molar refractivity (Wildman–Crippen MR) is 63.3 cm³/mol. The zero-order chi connectivity index (χ0) is 13.6. The Balaban J connectivity index is 4.25. The van der Waals surface area contributed by atoms with Crippen LogP contribution in [0.2, 0.25) is 0 Å². The summed E-state index contributed by atoms with van der Waals surface area (Å²) >= 11 is 0. The minimum Gasteiger partial charge on any atom is -0.444 e. The van der Waals surface area contributed by atoms with Gasteiger partial charge in [-0.3, -0.25) is 4.79 Å². The molecule has 0 aliphatic carbocycles. The molecule has 17 heavy (non-hydrogen) atoms. The Labute approximate surface area is 102 Å². The van der Waals surface area contributed by atoms with Crippen molar-refractivity contribution in [1.82, 2.24) is 5.32 Å². The first-order chi connectivity index (χ1) is 7.61. The van der Waals surface area contributed by atoms with Crippen molar-refractivity contribution in [3.05, 3.63) is 0 Å². The molecule has 0 saturated carbocycles. The maximum atomic E-state index is 11.5. The second-order valence-corrected chi connectivity index (χ2v) is 5.00. The molecule has 6 heteroatoms. The van der Waals surface area contributed by atoms with E-state index in [-0.39, 0.29) is 12.8 Å². The van der Waals surface area contributed by atoms with Gasteiger partial charge in [0.1, 0.15) is 5.60 Å². The largest absolute Gasteiger partial charge is 0.444 e. The van der Waals surface area contributed by atoms with Crippen molar-refractivity contribution >= 4 is 12.0 Å². The molecule has 0 heterocycles. The van der Waals surface area contributed by atoms with E-state index < -0.39 is 29.7 Å². The minimum atomic E-state index is -0.776. The molecule has 0 aliphatic rings. The van der Waals surface area contributed by atoms with Gasteiger partial charge in [0.15, 0.2) is 0 Å². The SMILES string of the molecule is C[C@@H](O)[C@H](CCC(N)=O)NC(=O)OC(C)(C)C. The maximum Gasteiger partial charge on any atom is 0.407 e. The van der Waals surface area contributed by atoms with Gasteiger partial charge in [0, 0.05) is 6.42 Å². The first-order valence-electron chi connectivity index (χ1n) is 5.57. The van der Waals surface area contributed by atoms with Gasteiger partial charge < -0.3 is 20.9 Å². The predicted octanol–water partition coefficient (Wildman–Crippen LogP) is 0.526. The molecule has 0 spiro atoms. The Hall–Kier alpha value is -1.30. The van der Waals surface area contributed by atoms with Crippen LogP contribution in [-0.4, -0.2) is 34.9 Å². The highest BCUT2D eigenvalue weighted by atomic mass is 16.6. The smallest absolute Gasteiger partial charge is 0.407 e. The van der Waals surface area contributed by atoms with E-state index in [1.165, 1.54) is 6.92 Å². The lowest BCUT2D eigenvalue weighted by molar-refractivity contribution is -0.118. The molecule has 0 aliphatic heterocycles. The molecule has 6 nitrogen and oxygen atoms in total. The number of carbonyl (C=O) groups excluding carboxylic acids is 2. The van der Waals surface area contributed by atoms with Gasteiger partial charge >= 0.3 is 6.09 Å². The fourth-order valence-electron chi connectivity index (χ4n) is 1.19. The van der Waals surface area contributed by atoms with Gasteiger partial charge in [0.2, 0.25) is 5.91 Å². The summed E-state index contributed by atoms with van der Waals surface area (Å²) < 4.78 is 5.05. The Bertz CT molecular complexity index is 271. The minimum absolute atomic E-state index is 0.103. The fraction of sp³-hybridized carbons (Fsp3) is 0.818. The quantitative estimate of drug-likeness (QED) is 0.658. The van der Waals surface area contributed by atoms with Crippen LogP contribution < -0.4 is 11.1 Å². The highest BCUT2D eigenvalue weighted by Gasteiger charge is 2.22. The molecule has 2 amide bonds. The van der Waals surface area contributed by atoms with Gasteiger partial charge in [-0.25, -0.2) is 4.79 Å². The van der Waals surface area contributed by atoms with Crippen molar-refractivity contribution in [3.8, 4) is 0 Å². The third-order valence-electron chi connectivity index (χ3n) is 1.99. The molecule has 0 saturated heterocycles. The number of nitrogens with one attached hydrogen (secondary N) is 1. The molecular weight excluding hydrogens is 224 g/mol. The number of hydrogen-bond acceptors (Lipinski definition) is 4. The highest BCUT2D eigenvalue weighted by molar-refractivity contribution is 5.74. The van der Waals surface area contributed by atoms with Gasteiger partial charge in [-0.15, -0.1) is 0 Å². The zero-order valence-electron chi connectivity index (χ0n) is 10.8. The molecule has 100 valence electrons. The highest BCUT2D eigenvalue weighted by Crippen LogP contribution is 2.08. The molecule has 0 aromatic rings. The van der Waals surface area contributed by atoms with E-state index in [2.05, 4.69) is 5.32 Å². The molecule has 4 N–H and O–H groups in total. The van der Waals surface area contributed by atoms with Gasteiger partial charge in [0.05, 0.1) is 12.1 Å². The van der Waals surface area contributed by atoms with Crippen LogP contribution in [0.15, 0.2) is 0 Å². The molecule has 0 aromatic carbocycles. The Kier molecular flexibility index (Phi) is 5.95. The first kappa shape index (κ1) is 15.7. The molecule has 0 radical (unpaired) electrons. The first-order valence-corrected chi connectivity index (χ1v) is 5.57. The van der Waals surface area contributed by atoms with Crippen molar-refractivity contribution in [1.29, 1.82) is 0 Å². The van der Waals surface area contributed by atoms with Crippen LogP contribution in [0.25, 0.3) is 0 Å². The topological polar surface area (TPSA) is 102 Å². The van der Waals surface area contributed by atoms with Crippen LogP contribution in [0.5, 0.6) is 0 Å². The summed E-state index contributed by atoms with van der Waals surface area (Å²) in [7, 11) is 0. The van der Waals surface area contributed by atoms with Crippen LogP contribution in [0.1, 0.15) is 40.5 Å². The lowest BCUT2D eigenvalue weighted by atomic mass is 10.1. The average Bonchev–Trinajstić information content (AvgIpc) is 2.08. The molecule has 0 bridgehead atoms. The van der Waals surface area contributed by atoms with Crippen molar-refractivity contribution in [2.45, 2.75) is 58.3 Å². The van der Waals surface area contributed by atoms with Crippen LogP contribution in [-0.2, 0) is 9.53 Å². The van der Waals surface area contributed by atoms with Crippen LogP contribution >= 0.6 is 0 Å². The number of amides is 2. The molecule has 0 rings (SSSR count). The number of nitrogens with two attached hydrogens (primary N) is 1. The number of alkyl carbamates (subject to hydrolysis) is 1. The number of aliphatic hydroxyl groups excluding tert-OH is 1. The number of primary amides is 1. The second kappa shape index (κ2) is 6.44. The summed E-state index contributed by atoms with van der Waals surface area (Å²) in [4.78, 5) is 22.1. The number of hydrogen-bond donors (Lipinski definition) is 3. The van der Waals surface area contributed by atoms with E-state index in [0.29, 0.717) is 0 Å². The van der Waals surface area contributed by atoms with E-state index in [1.54, 1.807) is 20.8 Å². The summed E-state index contributed by atoms with van der Waals surface area (Å²) in [5.74, 6) is -0.471. The summed E-state index contributed by atoms with van der Waals surface area (Å²) in [6, 6.07) is -0.544. The number of rotatable bonds is 5. The monoisotopic (exact) mass is 246 g/mol. The number of ether oxygens (including phenoxy) is 1. The summed E-state index contributed by atoms with van der Waals surface area (Å²) in [6.07, 6.45) is -1.01. The molecular formula is C11H22N2O4. The normalized spacial score (nSPS) is 14.9. The zero-order valence-corrected chi connectivity index (χ0v) is 10.8. The van der Waals surface area contributed by atoms with Crippen molar-refractivity contribution in [3.63, 3.8) is 0 Å². The van der Waals surface area contributed by atoms with Crippen molar-refractivity contribution in [2.75, 3.05) is 0 Å². The van der Waals surface area contributed by atoms with Crippen molar-refractivity contribution in [2.24, 2.45) is 5.73 Å². The van der Waals surface area contributed by atoms with Crippen LogP contribution in [0, 0.1) is 0 Å². The van der Waals surface area contributed by atoms with E-state index in [9.17, 15) is 14.7 Å². The standard InChI is InChI=1S/C11H22N2O4/c1-7(14)8(5-6-9(12)15)13-10(16)17-11(2,3)4/h7-8,14H,5-6H2,1-4H3,(H2,12,15)(H,13,16)/t7-,8+/m1/s1. The van der Waals surface area contributed by atoms with E-state index >= 15 is 0 Å². The molecule has 0 aromatic heterocycles. The Morgan fingerprint density at radius 3 is 2.29 bits per heavy atom. The lowest BCUT2D eigenvalue weighted by Gasteiger charge is -2.24. The summed E-state index contributed by atoms with van der Waals surface area (Å²) in [5.41, 5.74) is 4.41. The Morgan fingerprint density at radius 2 is 1.94 bits per heavy atom. The second-order valence-electron chi connectivity index (χ2n) is 5.00. The molecule has 0 unspecified atom stereocenters. The number of carbonyl (C=O) groups is 2.